The van der Waals surface area contributed by atoms with Crippen LogP contribution < -0.4 is 10.9 Å². The van der Waals surface area contributed by atoms with Crippen molar-refractivity contribution in [1.29, 1.82) is 0 Å². The van der Waals surface area contributed by atoms with E-state index in [-0.39, 0.29) is 11.5 Å². The molecule has 4 rings (SSSR count). The Kier molecular flexibility index (Phi) is 8.91. The lowest BCUT2D eigenvalue weighted by molar-refractivity contribution is -0.135. The minimum absolute atomic E-state index is 0.164. The number of halogens is 1. The van der Waals surface area contributed by atoms with Gasteiger partial charge in [-0.05, 0) is 77.1 Å². The van der Waals surface area contributed by atoms with E-state index in [1.165, 1.54) is 10.6 Å². The van der Waals surface area contributed by atoms with E-state index in [0.717, 1.165) is 27.8 Å². The topological polar surface area (TPSA) is 118 Å². The highest BCUT2D eigenvalue weighted by Crippen LogP contribution is 2.38. The molecule has 0 fully saturated rings. The zero-order valence-corrected chi connectivity index (χ0v) is 22.8. The number of carboxylic acids is 1. The summed E-state index contributed by atoms with van der Waals surface area (Å²) >= 11 is 6.23. The molecule has 0 aliphatic heterocycles. The zero-order chi connectivity index (χ0) is 28.8. The number of carbonyl (C=O) groups excluding carboxylic acids is 1. The Bertz CT molecular complexity index is 1600. The Balaban J connectivity index is 1.63. The molecule has 0 bridgehead atoms. The molecule has 0 spiro atoms. The van der Waals surface area contributed by atoms with Crippen molar-refractivity contribution in [3.8, 4) is 11.1 Å². The Labute approximate surface area is 236 Å². The molecule has 2 atom stereocenters. The minimum atomic E-state index is -1.11. The summed E-state index contributed by atoms with van der Waals surface area (Å²) in [6.07, 6.45) is 2.04. The summed E-state index contributed by atoms with van der Waals surface area (Å²) in [7, 11) is 1.64. The van der Waals surface area contributed by atoms with E-state index < -0.39 is 24.5 Å². The molecule has 204 valence electrons. The number of aryl methyl sites for hydroxylation is 2. The van der Waals surface area contributed by atoms with Crippen LogP contribution in [0.15, 0.2) is 95.0 Å². The number of nitrogens with one attached hydrogen (secondary N) is 1. The second kappa shape index (κ2) is 12.5. The van der Waals surface area contributed by atoms with E-state index in [1.54, 1.807) is 43.6 Å². The molecule has 0 radical (unpaired) electrons. The lowest BCUT2D eigenvalue weighted by Gasteiger charge is -2.23. The molecular weight excluding hydrogens is 530 g/mol. The van der Waals surface area contributed by atoms with Crippen LogP contribution >= 0.6 is 11.6 Å². The molecular formula is C31H28ClN3O5. The highest BCUT2D eigenvalue weighted by atomic mass is 35.5. The van der Waals surface area contributed by atoms with E-state index in [1.807, 2.05) is 49.4 Å². The summed E-state index contributed by atoms with van der Waals surface area (Å²) in [5.41, 5.74) is 5.67. The number of nitrogens with zero attached hydrogens (tertiary/aromatic N) is 2. The van der Waals surface area contributed by atoms with E-state index >= 15 is 0 Å². The maximum absolute atomic E-state index is 12.1. The molecule has 0 saturated heterocycles. The first-order valence-corrected chi connectivity index (χ1v) is 13.0. The molecule has 1 heterocycles. The van der Waals surface area contributed by atoms with Gasteiger partial charge in [-0.3, -0.25) is 14.4 Å². The van der Waals surface area contributed by atoms with E-state index in [9.17, 15) is 19.3 Å². The average Bonchev–Trinajstić information content (AvgIpc) is 2.95. The van der Waals surface area contributed by atoms with Gasteiger partial charge < -0.3 is 15.0 Å². The number of hydrogen-bond donors (Lipinski definition) is 2. The second-order valence-electron chi connectivity index (χ2n) is 9.60. The molecule has 8 nitrogen and oxygen atoms in total. The van der Waals surface area contributed by atoms with Crippen molar-refractivity contribution < 1.29 is 14.7 Å². The van der Waals surface area contributed by atoms with Gasteiger partial charge in [0.15, 0.2) is 0 Å². The predicted molar refractivity (Wildman–Crippen MR) is 155 cm³/mol. The van der Waals surface area contributed by atoms with Crippen molar-refractivity contribution in [2.75, 3.05) is 6.54 Å². The van der Waals surface area contributed by atoms with Crippen LogP contribution in [0.2, 0.25) is 5.02 Å². The number of nitroso groups, excluding NO2 is 1. The number of carbonyl (C=O) groups is 2. The summed E-state index contributed by atoms with van der Waals surface area (Å²) < 4.78 is 1.44. The van der Waals surface area contributed by atoms with Crippen molar-refractivity contribution in [3.63, 3.8) is 0 Å². The normalized spacial score (nSPS) is 12.4. The second-order valence-corrected chi connectivity index (χ2v) is 10.0. The fourth-order valence-corrected chi connectivity index (χ4v) is 4.95. The lowest BCUT2D eigenvalue weighted by atomic mass is 9.82. The van der Waals surface area contributed by atoms with Gasteiger partial charge in [-0.25, -0.2) is 0 Å². The number of amides is 1. The van der Waals surface area contributed by atoms with Gasteiger partial charge in [-0.15, -0.1) is 0 Å². The van der Waals surface area contributed by atoms with Gasteiger partial charge in [0.05, 0.1) is 0 Å². The van der Waals surface area contributed by atoms with Crippen LogP contribution in [-0.2, 0) is 11.8 Å². The average molecular weight is 558 g/mol. The highest BCUT2D eigenvalue weighted by molar-refractivity contribution is 6.30. The Morgan fingerprint density at radius 1 is 0.950 bits per heavy atom. The number of benzene rings is 3. The van der Waals surface area contributed by atoms with Crippen LogP contribution in [0.4, 0.5) is 0 Å². The van der Waals surface area contributed by atoms with Crippen LogP contribution in [0.1, 0.15) is 51.0 Å². The zero-order valence-electron chi connectivity index (χ0n) is 22.0. The summed E-state index contributed by atoms with van der Waals surface area (Å²) in [5, 5.41) is 15.1. The van der Waals surface area contributed by atoms with Gasteiger partial charge in [0, 0.05) is 35.8 Å². The van der Waals surface area contributed by atoms with Crippen LogP contribution in [0.5, 0.6) is 0 Å². The molecule has 0 aliphatic rings. The summed E-state index contributed by atoms with van der Waals surface area (Å²) in [6.45, 7) is 1.53. The van der Waals surface area contributed by atoms with Crippen molar-refractivity contribution >= 4 is 23.5 Å². The van der Waals surface area contributed by atoms with Gasteiger partial charge in [-0.2, -0.15) is 4.91 Å². The van der Waals surface area contributed by atoms with E-state index in [0.29, 0.717) is 22.6 Å². The molecule has 1 amide bonds. The van der Waals surface area contributed by atoms with Crippen molar-refractivity contribution in [2.45, 2.75) is 25.3 Å². The summed E-state index contributed by atoms with van der Waals surface area (Å²) in [5.74, 6) is -1.74. The third-order valence-corrected chi connectivity index (χ3v) is 7.12. The maximum atomic E-state index is 12.1. The molecule has 2 N–H and O–H groups in total. The molecule has 1 aromatic heterocycles. The van der Waals surface area contributed by atoms with Gasteiger partial charge in [0.1, 0.15) is 12.6 Å². The Morgan fingerprint density at radius 3 is 2.15 bits per heavy atom. The van der Waals surface area contributed by atoms with Crippen LogP contribution in [-0.4, -0.2) is 28.1 Å². The number of aliphatic carboxylic acids is 1. The standard InChI is InChI=1S/C31H28ClN3O5/c1-19-15-25(32)12-13-26(19)27(16-28(34-40)24-11-14-29(36)35(2)18-24)22-7-3-20(4-8-22)21-5-9-23(10-6-21)31(39)33-17-30(37)38/h3-15,18,27-28H,16-17H2,1-2H3,(H,33,39)(H,37,38). The summed E-state index contributed by atoms with van der Waals surface area (Å²) in [4.78, 5) is 46.7. The molecule has 2 unspecified atom stereocenters. The highest BCUT2D eigenvalue weighted by Gasteiger charge is 2.24. The number of hydrogen-bond acceptors (Lipinski definition) is 5. The Morgan fingerprint density at radius 2 is 1.57 bits per heavy atom. The van der Waals surface area contributed by atoms with Crippen molar-refractivity contribution in [3.05, 3.63) is 133 Å². The van der Waals surface area contributed by atoms with Crippen LogP contribution in [0, 0.1) is 11.8 Å². The van der Waals surface area contributed by atoms with Crippen LogP contribution in [0.3, 0.4) is 0 Å². The first-order chi connectivity index (χ1) is 19.2. The van der Waals surface area contributed by atoms with Crippen LogP contribution in [0.25, 0.3) is 11.1 Å². The smallest absolute Gasteiger partial charge is 0.322 e. The third-order valence-electron chi connectivity index (χ3n) is 6.88. The largest absolute Gasteiger partial charge is 0.480 e. The molecule has 3 aromatic carbocycles. The molecule has 4 aromatic rings. The lowest BCUT2D eigenvalue weighted by Crippen LogP contribution is -2.29. The van der Waals surface area contributed by atoms with Crippen molar-refractivity contribution in [1.82, 2.24) is 9.88 Å². The molecule has 40 heavy (non-hydrogen) atoms. The summed E-state index contributed by atoms with van der Waals surface area (Å²) in [6, 6.07) is 23.0. The first-order valence-electron chi connectivity index (χ1n) is 12.6. The van der Waals surface area contributed by atoms with E-state index in [2.05, 4.69) is 10.5 Å². The first kappa shape index (κ1) is 28.4. The maximum Gasteiger partial charge on any atom is 0.322 e. The van der Waals surface area contributed by atoms with Crippen molar-refractivity contribution in [2.24, 2.45) is 12.2 Å². The fourth-order valence-electron chi connectivity index (χ4n) is 4.73. The van der Waals surface area contributed by atoms with Gasteiger partial charge in [0.2, 0.25) is 5.56 Å². The number of rotatable bonds is 10. The SMILES string of the molecule is Cc1cc(Cl)ccc1C(CC(N=O)c1ccc(=O)n(C)c1)c1ccc(-c2ccc(C(=O)NCC(=O)O)cc2)cc1. The molecule has 9 heteroatoms. The number of aromatic nitrogens is 1. The number of pyridine rings is 1. The third kappa shape index (κ3) is 6.71. The van der Waals surface area contributed by atoms with Gasteiger partial charge in [-0.1, -0.05) is 59.2 Å². The minimum Gasteiger partial charge on any atom is -0.480 e. The van der Waals surface area contributed by atoms with Gasteiger partial charge in [0.25, 0.3) is 5.91 Å². The molecule has 0 aliphatic carbocycles. The fraction of sp³-hybridized carbons (Fsp3) is 0.194. The monoisotopic (exact) mass is 557 g/mol. The number of carboxylic acid groups (broad SMARTS) is 1. The van der Waals surface area contributed by atoms with E-state index in [4.69, 9.17) is 16.7 Å². The van der Waals surface area contributed by atoms with Gasteiger partial charge >= 0.3 is 5.97 Å². The predicted octanol–water partition coefficient (Wildman–Crippen LogP) is 5.86. The molecule has 0 saturated carbocycles. The Hall–Kier alpha value is -4.56. The quantitative estimate of drug-likeness (QED) is 0.237.